The standard InChI is InChI=1S/C20H12ClFN2O2S/c21-14-5-1-12(2-6-14)16-10-27-19-18(16)20(26)24(11-23-19)9-17(25)13-3-7-15(22)8-4-13/h1-8,10-11H,9H2. The van der Waals surface area contributed by atoms with E-state index in [1.54, 1.807) is 12.1 Å². The topological polar surface area (TPSA) is 52.0 Å². The summed E-state index contributed by atoms with van der Waals surface area (Å²) in [5, 5.41) is 2.95. The molecule has 0 amide bonds. The molecule has 0 bridgehead atoms. The number of hydrogen-bond acceptors (Lipinski definition) is 4. The fourth-order valence-corrected chi connectivity index (χ4v) is 3.84. The summed E-state index contributed by atoms with van der Waals surface area (Å²) < 4.78 is 14.3. The molecule has 27 heavy (non-hydrogen) atoms. The first-order valence-corrected chi connectivity index (χ1v) is 9.30. The summed E-state index contributed by atoms with van der Waals surface area (Å²) >= 11 is 7.31. The van der Waals surface area contributed by atoms with Crippen molar-refractivity contribution in [1.29, 1.82) is 0 Å². The number of ketones is 1. The van der Waals surface area contributed by atoms with Crippen LogP contribution in [-0.4, -0.2) is 15.3 Å². The van der Waals surface area contributed by atoms with Crippen LogP contribution in [0.5, 0.6) is 0 Å². The van der Waals surface area contributed by atoms with Gasteiger partial charge in [0.25, 0.3) is 5.56 Å². The molecule has 4 rings (SSSR count). The Morgan fingerprint density at radius 3 is 2.52 bits per heavy atom. The third-order valence-electron chi connectivity index (χ3n) is 4.20. The van der Waals surface area contributed by atoms with Crippen LogP contribution in [-0.2, 0) is 6.54 Å². The second kappa shape index (κ2) is 7.06. The van der Waals surface area contributed by atoms with Crippen molar-refractivity contribution in [2.45, 2.75) is 6.54 Å². The molecule has 0 aliphatic rings. The molecule has 2 aromatic carbocycles. The highest BCUT2D eigenvalue weighted by molar-refractivity contribution is 7.17. The van der Waals surface area contributed by atoms with Crippen molar-refractivity contribution < 1.29 is 9.18 Å². The fourth-order valence-electron chi connectivity index (χ4n) is 2.80. The maximum absolute atomic E-state index is 13.0. The molecule has 0 atom stereocenters. The normalized spacial score (nSPS) is 11.0. The number of halogens is 2. The van der Waals surface area contributed by atoms with Gasteiger partial charge in [-0.15, -0.1) is 11.3 Å². The SMILES string of the molecule is O=C(Cn1cnc2scc(-c3ccc(Cl)cc3)c2c1=O)c1ccc(F)cc1. The molecule has 0 radical (unpaired) electrons. The van der Waals surface area contributed by atoms with E-state index in [-0.39, 0.29) is 17.9 Å². The van der Waals surface area contributed by atoms with Crippen LogP contribution in [0.2, 0.25) is 5.02 Å². The lowest BCUT2D eigenvalue weighted by atomic mass is 10.1. The number of rotatable bonds is 4. The van der Waals surface area contributed by atoms with Crippen LogP contribution in [0.15, 0.2) is 65.0 Å². The van der Waals surface area contributed by atoms with Gasteiger partial charge in [0.15, 0.2) is 5.78 Å². The van der Waals surface area contributed by atoms with Gasteiger partial charge in [-0.2, -0.15) is 0 Å². The predicted molar refractivity (Wildman–Crippen MR) is 105 cm³/mol. The molecule has 0 fully saturated rings. The molecule has 0 saturated carbocycles. The summed E-state index contributed by atoms with van der Waals surface area (Å²) in [4.78, 5) is 30.3. The van der Waals surface area contributed by atoms with Crippen LogP contribution in [0.25, 0.3) is 21.3 Å². The zero-order valence-corrected chi connectivity index (χ0v) is 15.4. The van der Waals surface area contributed by atoms with Crippen molar-refractivity contribution in [3.8, 4) is 11.1 Å². The second-order valence-corrected chi connectivity index (χ2v) is 7.24. The maximum atomic E-state index is 13.0. The summed E-state index contributed by atoms with van der Waals surface area (Å²) in [6.07, 6.45) is 1.37. The van der Waals surface area contributed by atoms with Gasteiger partial charge in [0, 0.05) is 21.5 Å². The molecular formula is C20H12ClFN2O2S. The zero-order chi connectivity index (χ0) is 19.0. The van der Waals surface area contributed by atoms with E-state index in [4.69, 9.17) is 11.6 Å². The minimum Gasteiger partial charge on any atom is -0.292 e. The molecule has 7 heteroatoms. The number of thiophene rings is 1. The highest BCUT2D eigenvalue weighted by Gasteiger charge is 2.15. The number of hydrogen-bond donors (Lipinski definition) is 0. The Morgan fingerprint density at radius 2 is 1.81 bits per heavy atom. The number of aromatic nitrogens is 2. The van der Waals surface area contributed by atoms with Gasteiger partial charge >= 0.3 is 0 Å². The highest BCUT2D eigenvalue weighted by atomic mass is 35.5. The van der Waals surface area contributed by atoms with Gasteiger partial charge in [-0.1, -0.05) is 23.7 Å². The van der Waals surface area contributed by atoms with E-state index < -0.39 is 5.82 Å². The van der Waals surface area contributed by atoms with Crippen LogP contribution in [0, 0.1) is 5.82 Å². The lowest BCUT2D eigenvalue weighted by Crippen LogP contribution is -2.24. The monoisotopic (exact) mass is 398 g/mol. The summed E-state index contributed by atoms with van der Waals surface area (Å²) in [5.74, 6) is -0.709. The molecule has 4 aromatic rings. The Balaban J connectivity index is 1.74. The minimum absolute atomic E-state index is 0.163. The van der Waals surface area contributed by atoms with Gasteiger partial charge in [-0.25, -0.2) is 9.37 Å². The number of Topliss-reactive ketones (excluding diaryl/α,β-unsaturated/α-hetero) is 1. The van der Waals surface area contributed by atoms with Crippen molar-refractivity contribution in [2.24, 2.45) is 0 Å². The average Bonchev–Trinajstić information content (AvgIpc) is 3.10. The van der Waals surface area contributed by atoms with Crippen LogP contribution >= 0.6 is 22.9 Å². The Bertz CT molecular complexity index is 1200. The molecule has 0 aliphatic heterocycles. The third-order valence-corrected chi connectivity index (χ3v) is 5.33. The molecule has 0 N–H and O–H groups in total. The van der Waals surface area contributed by atoms with Gasteiger partial charge in [-0.05, 0) is 42.0 Å². The van der Waals surface area contributed by atoms with Gasteiger partial charge in [0.2, 0.25) is 0 Å². The van der Waals surface area contributed by atoms with Crippen LogP contribution in [0.4, 0.5) is 4.39 Å². The molecule has 2 heterocycles. The lowest BCUT2D eigenvalue weighted by molar-refractivity contribution is 0.0970. The lowest BCUT2D eigenvalue weighted by Gasteiger charge is -2.06. The Hall–Kier alpha value is -2.83. The van der Waals surface area contributed by atoms with E-state index in [0.29, 0.717) is 20.8 Å². The largest absolute Gasteiger partial charge is 0.292 e. The van der Waals surface area contributed by atoms with Gasteiger partial charge in [0.05, 0.1) is 18.3 Å². The summed E-state index contributed by atoms with van der Waals surface area (Å²) in [6.45, 7) is -0.163. The number of benzene rings is 2. The van der Waals surface area contributed by atoms with E-state index in [2.05, 4.69) is 4.98 Å². The van der Waals surface area contributed by atoms with E-state index in [1.165, 1.54) is 46.5 Å². The maximum Gasteiger partial charge on any atom is 0.263 e. The van der Waals surface area contributed by atoms with E-state index in [0.717, 1.165) is 11.1 Å². The van der Waals surface area contributed by atoms with E-state index in [9.17, 15) is 14.0 Å². The molecule has 2 aromatic heterocycles. The number of fused-ring (bicyclic) bond motifs is 1. The van der Waals surface area contributed by atoms with Gasteiger partial charge in [0.1, 0.15) is 10.6 Å². The number of carbonyl (C=O) groups is 1. The van der Waals surface area contributed by atoms with Crippen molar-refractivity contribution in [3.63, 3.8) is 0 Å². The van der Waals surface area contributed by atoms with Crippen molar-refractivity contribution in [2.75, 3.05) is 0 Å². The molecule has 134 valence electrons. The Morgan fingerprint density at radius 1 is 1.11 bits per heavy atom. The first-order chi connectivity index (χ1) is 13.0. The molecule has 0 unspecified atom stereocenters. The summed E-state index contributed by atoms with van der Waals surface area (Å²) in [7, 11) is 0. The van der Waals surface area contributed by atoms with Gasteiger partial charge in [-0.3, -0.25) is 14.2 Å². The van der Waals surface area contributed by atoms with Crippen LogP contribution < -0.4 is 5.56 Å². The van der Waals surface area contributed by atoms with Crippen molar-refractivity contribution in [3.05, 3.63) is 87.0 Å². The molecule has 0 spiro atoms. The first kappa shape index (κ1) is 17.6. The molecular weight excluding hydrogens is 387 g/mol. The first-order valence-electron chi connectivity index (χ1n) is 8.04. The van der Waals surface area contributed by atoms with Crippen molar-refractivity contribution in [1.82, 2.24) is 9.55 Å². The molecule has 0 saturated heterocycles. The summed E-state index contributed by atoms with van der Waals surface area (Å²) in [6, 6.07) is 12.4. The average molecular weight is 399 g/mol. The molecule has 0 aliphatic carbocycles. The second-order valence-electron chi connectivity index (χ2n) is 5.94. The fraction of sp³-hybridized carbons (Fsp3) is 0.0500. The van der Waals surface area contributed by atoms with E-state index >= 15 is 0 Å². The van der Waals surface area contributed by atoms with Gasteiger partial charge < -0.3 is 0 Å². The highest BCUT2D eigenvalue weighted by Crippen LogP contribution is 2.31. The zero-order valence-electron chi connectivity index (χ0n) is 13.9. The van der Waals surface area contributed by atoms with Crippen molar-refractivity contribution >= 4 is 38.9 Å². The Kier molecular flexibility index (Phi) is 4.59. The third kappa shape index (κ3) is 3.41. The summed E-state index contributed by atoms with van der Waals surface area (Å²) in [5.41, 5.74) is 1.66. The smallest absolute Gasteiger partial charge is 0.263 e. The predicted octanol–water partition coefficient (Wildman–Crippen LogP) is 4.80. The van der Waals surface area contributed by atoms with E-state index in [1.807, 2.05) is 17.5 Å². The molecule has 4 nitrogen and oxygen atoms in total. The Labute approximate surface area is 162 Å². The van der Waals surface area contributed by atoms with Crippen LogP contribution in [0.1, 0.15) is 10.4 Å². The van der Waals surface area contributed by atoms with Crippen LogP contribution in [0.3, 0.4) is 0 Å². The minimum atomic E-state index is -0.419. The number of nitrogens with zero attached hydrogens (tertiary/aromatic N) is 2. The quantitative estimate of drug-likeness (QED) is 0.464. The number of carbonyl (C=O) groups excluding carboxylic acids is 1.